The van der Waals surface area contributed by atoms with Gasteiger partial charge in [-0.1, -0.05) is 13.8 Å². The number of anilines is 1. The molecule has 0 saturated heterocycles. The van der Waals surface area contributed by atoms with E-state index >= 15 is 0 Å². The van der Waals surface area contributed by atoms with Crippen LogP contribution in [0.1, 0.15) is 26.7 Å². The zero-order valence-corrected chi connectivity index (χ0v) is 13.4. The Hall–Kier alpha value is -1.61. The Balaban J connectivity index is 2.76. The summed E-state index contributed by atoms with van der Waals surface area (Å²) in [5.74, 6) is -0.453. The number of carbonyl (C=O) groups is 1. The Morgan fingerprint density at radius 2 is 2.00 bits per heavy atom. The number of methoxy groups -OCH3 is 1. The molecule has 0 aromatic carbocycles. The molecule has 0 fully saturated rings. The number of nitrogens with zero attached hydrogens (tertiary/aromatic N) is 3. The van der Waals surface area contributed by atoms with Crippen LogP contribution in [0.25, 0.3) is 0 Å². The summed E-state index contributed by atoms with van der Waals surface area (Å²) in [4.78, 5) is 11.1. The topological polar surface area (TPSA) is 93.5 Å². The number of rotatable bonds is 9. The van der Waals surface area contributed by atoms with Gasteiger partial charge in [-0.2, -0.15) is 17.8 Å². The third kappa shape index (κ3) is 5.35. The van der Waals surface area contributed by atoms with E-state index in [-0.39, 0.29) is 6.54 Å². The van der Waals surface area contributed by atoms with Gasteiger partial charge in [0.05, 0.1) is 19.0 Å². The summed E-state index contributed by atoms with van der Waals surface area (Å²) in [5.41, 5.74) is 0.316. The molecule has 120 valence electrons. The molecule has 0 aliphatic heterocycles. The van der Waals surface area contributed by atoms with E-state index in [9.17, 15) is 13.2 Å². The second-order valence-electron chi connectivity index (χ2n) is 4.51. The molecule has 1 aromatic rings. The molecule has 0 unspecified atom stereocenters. The Morgan fingerprint density at radius 1 is 1.38 bits per heavy atom. The van der Waals surface area contributed by atoms with Gasteiger partial charge in [0.2, 0.25) is 0 Å². The number of esters is 1. The average Bonchev–Trinajstić information content (AvgIpc) is 2.84. The van der Waals surface area contributed by atoms with Gasteiger partial charge in [0, 0.05) is 19.3 Å². The molecule has 0 spiro atoms. The minimum atomic E-state index is -3.61. The zero-order valence-electron chi connectivity index (χ0n) is 12.6. The predicted octanol–water partition coefficient (Wildman–Crippen LogP) is 0.835. The van der Waals surface area contributed by atoms with Gasteiger partial charge in [-0.25, -0.2) is 0 Å². The molecule has 1 N–H and O–H groups in total. The summed E-state index contributed by atoms with van der Waals surface area (Å²) >= 11 is 0. The maximum absolute atomic E-state index is 12.3. The Morgan fingerprint density at radius 3 is 2.52 bits per heavy atom. The van der Waals surface area contributed by atoms with Gasteiger partial charge in [-0.15, -0.1) is 0 Å². The summed E-state index contributed by atoms with van der Waals surface area (Å²) in [6.07, 6.45) is 4.28. The molecule has 8 nitrogen and oxygen atoms in total. The first-order valence-electron chi connectivity index (χ1n) is 6.80. The Kier molecular flexibility index (Phi) is 6.63. The maximum Gasteiger partial charge on any atom is 0.327 e. The van der Waals surface area contributed by atoms with Crippen molar-refractivity contribution in [2.45, 2.75) is 33.2 Å². The van der Waals surface area contributed by atoms with Crippen molar-refractivity contribution < 1.29 is 17.9 Å². The highest BCUT2D eigenvalue weighted by Crippen LogP contribution is 2.11. The van der Waals surface area contributed by atoms with Crippen molar-refractivity contribution >= 4 is 21.9 Å². The van der Waals surface area contributed by atoms with Crippen molar-refractivity contribution in [1.82, 2.24) is 14.1 Å². The summed E-state index contributed by atoms with van der Waals surface area (Å²) in [7, 11) is -2.33. The first-order valence-corrected chi connectivity index (χ1v) is 8.24. The zero-order chi connectivity index (χ0) is 15.9. The molecule has 0 aliphatic carbocycles. The Labute approximate surface area is 125 Å². The molecule has 1 rings (SSSR count). The molecular weight excluding hydrogens is 296 g/mol. The second-order valence-corrected chi connectivity index (χ2v) is 6.18. The summed E-state index contributed by atoms with van der Waals surface area (Å²) in [6, 6.07) is 0. The molecule has 0 bridgehead atoms. The molecule has 0 atom stereocenters. The van der Waals surface area contributed by atoms with Crippen LogP contribution in [0.15, 0.2) is 12.4 Å². The number of nitrogens with one attached hydrogen (secondary N) is 1. The fourth-order valence-electron chi connectivity index (χ4n) is 1.76. The number of hydrogen-bond donors (Lipinski definition) is 1. The van der Waals surface area contributed by atoms with Crippen LogP contribution < -0.4 is 4.72 Å². The highest BCUT2D eigenvalue weighted by Gasteiger charge is 2.20. The third-order valence-corrected chi connectivity index (χ3v) is 4.22. The van der Waals surface area contributed by atoms with Crippen molar-refractivity contribution in [2.75, 3.05) is 24.9 Å². The molecule has 1 heterocycles. The van der Waals surface area contributed by atoms with Crippen molar-refractivity contribution in [3.8, 4) is 0 Å². The van der Waals surface area contributed by atoms with Gasteiger partial charge in [0.1, 0.15) is 6.54 Å². The average molecular weight is 318 g/mol. The molecule has 0 radical (unpaired) electrons. The SMILES string of the molecule is CCCN(CCC)S(=O)(=O)Nc1cnn(CC(=O)OC)c1. The Bertz CT molecular complexity index is 549. The number of aromatic nitrogens is 2. The smallest absolute Gasteiger partial charge is 0.327 e. The van der Waals surface area contributed by atoms with Crippen molar-refractivity contribution in [1.29, 1.82) is 0 Å². The summed E-state index contributed by atoms with van der Waals surface area (Å²) in [6.45, 7) is 4.70. The van der Waals surface area contributed by atoms with Crippen LogP contribution in [0.4, 0.5) is 5.69 Å². The number of carbonyl (C=O) groups excluding carboxylic acids is 1. The summed E-state index contributed by atoms with van der Waals surface area (Å²) in [5, 5.41) is 3.91. The molecule has 0 amide bonds. The molecule has 1 aromatic heterocycles. The predicted molar refractivity (Wildman–Crippen MR) is 78.9 cm³/mol. The van der Waals surface area contributed by atoms with Crippen LogP contribution in [0.3, 0.4) is 0 Å². The van der Waals surface area contributed by atoms with Gasteiger partial charge in [0.15, 0.2) is 0 Å². The highest BCUT2D eigenvalue weighted by molar-refractivity contribution is 7.90. The highest BCUT2D eigenvalue weighted by atomic mass is 32.2. The molecule has 0 saturated carbocycles. The minimum Gasteiger partial charge on any atom is -0.468 e. The van der Waals surface area contributed by atoms with E-state index < -0.39 is 16.2 Å². The van der Waals surface area contributed by atoms with Gasteiger partial charge >= 0.3 is 16.2 Å². The summed E-state index contributed by atoms with van der Waals surface area (Å²) < 4.78 is 34.2. The third-order valence-electron chi connectivity index (χ3n) is 2.68. The lowest BCUT2D eigenvalue weighted by Crippen LogP contribution is -2.37. The van der Waals surface area contributed by atoms with E-state index in [1.54, 1.807) is 0 Å². The molecule has 9 heteroatoms. The van der Waals surface area contributed by atoms with E-state index in [0.717, 1.165) is 12.8 Å². The standard InChI is InChI=1S/C12H22N4O4S/c1-4-6-16(7-5-2)21(18,19)14-11-8-13-15(9-11)10-12(17)20-3/h8-9,14H,4-7,10H2,1-3H3. The van der Waals surface area contributed by atoms with Gasteiger partial charge in [-0.3, -0.25) is 14.2 Å². The molecular formula is C12H22N4O4S. The number of ether oxygens (including phenoxy) is 1. The van der Waals surface area contributed by atoms with E-state index in [1.807, 2.05) is 13.8 Å². The van der Waals surface area contributed by atoms with Gasteiger partial charge < -0.3 is 4.74 Å². The van der Waals surface area contributed by atoms with Gasteiger partial charge in [0.25, 0.3) is 0 Å². The van der Waals surface area contributed by atoms with Gasteiger partial charge in [-0.05, 0) is 12.8 Å². The van der Waals surface area contributed by atoms with Crippen LogP contribution in [-0.2, 0) is 26.3 Å². The van der Waals surface area contributed by atoms with Crippen LogP contribution in [0, 0.1) is 0 Å². The normalized spacial score (nSPS) is 11.6. The first-order chi connectivity index (χ1) is 9.92. The van der Waals surface area contributed by atoms with Crippen molar-refractivity contribution in [3.05, 3.63) is 12.4 Å². The fraction of sp³-hybridized carbons (Fsp3) is 0.667. The maximum atomic E-state index is 12.3. The van der Waals surface area contributed by atoms with E-state index in [2.05, 4.69) is 14.6 Å². The largest absolute Gasteiger partial charge is 0.468 e. The lowest BCUT2D eigenvalue weighted by atomic mass is 10.4. The lowest BCUT2D eigenvalue weighted by Gasteiger charge is -2.21. The second kappa shape index (κ2) is 7.99. The van der Waals surface area contributed by atoms with Crippen LogP contribution in [0.2, 0.25) is 0 Å². The molecule has 21 heavy (non-hydrogen) atoms. The first kappa shape index (κ1) is 17.4. The van der Waals surface area contributed by atoms with Crippen LogP contribution in [-0.4, -0.2) is 48.7 Å². The monoisotopic (exact) mass is 318 g/mol. The van der Waals surface area contributed by atoms with Crippen molar-refractivity contribution in [3.63, 3.8) is 0 Å². The van der Waals surface area contributed by atoms with Crippen molar-refractivity contribution in [2.24, 2.45) is 0 Å². The fourth-order valence-corrected chi connectivity index (χ4v) is 3.14. The van der Waals surface area contributed by atoms with Crippen LogP contribution in [0.5, 0.6) is 0 Å². The van der Waals surface area contributed by atoms with E-state index in [1.165, 1.54) is 28.5 Å². The minimum absolute atomic E-state index is 0.0636. The lowest BCUT2D eigenvalue weighted by molar-refractivity contribution is -0.141. The number of hydrogen-bond acceptors (Lipinski definition) is 5. The quantitative estimate of drug-likeness (QED) is 0.681. The van der Waals surface area contributed by atoms with E-state index in [0.29, 0.717) is 18.8 Å². The van der Waals surface area contributed by atoms with E-state index in [4.69, 9.17) is 0 Å². The van der Waals surface area contributed by atoms with Crippen LogP contribution >= 0.6 is 0 Å². The molecule has 0 aliphatic rings.